The highest BCUT2D eigenvalue weighted by Gasteiger charge is 2.45. The van der Waals surface area contributed by atoms with E-state index in [0.717, 1.165) is 12.0 Å². The minimum absolute atomic E-state index is 0.505. The molecular formula is C15H29N3. The van der Waals surface area contributed by atoms with E-state index in [0.29, 0.717) is 5.54 Å². The van der Waals surface area contributed by atoms with Crippen molar-refractivity contribution in [3.63, 3.8) is 0 Å². The van der Waals surface area contributed by atoms with E-state index in [1.165, 1.54) is 65.0 Å². The molecule has 0 aromatic carbocycles. The Hall–Kier alpha value is -0.120. The van der Waals surface area contributed by atoms with Crippen molar-refractivity contribution < 1.29 is 0 Å². The van der Waals surface area contributed by atoms with Crippen molar-refractivity contribution in [3.05, 3.63) is 0 Å². The van der Waals surface area contributed by atoms with Gasteiger partial charge >= 0.3 is 0 Å². The van der Waals surface area contributed by atoms with Crippen LogP contribution in [0.4, 0.5) is 0 Å². The summed E-state index contributed by atoms with van der Waals surface area (Å²) in [7, 11) is 0. The lowest BCUT2D eigenvalue weighted by Gasteiger charge is -2.40. The van der Waals surface area contributed by atoms with Crippen LogP contribution in [0.25, 0.3) is 0 Å². The minimum atomic E-state index is 0.505. The predicted octanol–water partition coefficient (Wildman–Crippen LogP) is 1.54. The Morgan fingerprint density at radius 1 is 1.06 bits per heavy atom. The van der Waals surface area contributed by atoms with Gasteiger partial charge in [0.2, 0.25) is 0 Å². The molecule has 3 aliphatic rings. The molecule has 0 spiro atoms. The van der Waals surface area contributed by atoms with Gasteiger partial charge in [-0.05, 0) is 31.6 Å². The molecule has 0 aromatic rings. The molecule has 2 bridgehead atoms. The Morgan fingerprint density at radius 3 is 2.17 bits per heavy atom. The van der Waals surface area contributed by atoms with E-state index < -0.39 is 0 Å². The molecule has 3 fully saturated rings. The third kappa shape index (κ3) is 2.73. The van der Waals surface area contributed by atoms with Crippen LogP contribution in [0.3, 0.4) is 0 Å². The van der Waals surface area contributed by atoms with Crippen LogP contribution < -0.4 is 5.32 Å². The van der Waals surface area contributed by atoms with Crippen LogP contribution in [0.5, 0.6) is 0 Å². The number of fused-ring (bicyclic) bond motifs is 2. The summed E-state index contributed by atoms with van der Waals surface area (Å²) in [6.07, 6.45) is 5.69. The van der Waals surface area contributed by atoms with Gasteiger partial charge in [0.1, 0.15) is 0 Å². The quantitative estimate of drug-likeness (QED) is 0.818. The molecule has 104 valence electrons. The fourth-order valence-electron chi connectivity index (χ4n) is 4.17. The first-order valence-electron chi connectivity index (χ1n) is 7.88. The lowest BCUT2D eigenvalue weighted by atomic mass is 9.87. The van der Waals surface area contributed by atoms with Gasteiger partial charge in [-0.2, -0.15) is 0 Å². The number of nitrogens with zero attached hydrogens (tertiary/aromatic N) is 2. The van der Waals surface area contributed by atoms with E-state index in [1.807, 2.05) is 0 Å². The van der Waals surface area contributed by atoms with Crippen molar-refractivity contribution in [1.82, 2.24) is 15.1 Å². The lowest BCUT2D eigenvalue weighted by Crippen LogP contribution is -2.54. The van der Waals surface area contributed by atoms with E-state index in [9.17, 15) is 0 Å². The molecule has 3 aliphatic heterocycles. The van der Waals surface area contributed by atoms with E-state index in [2.05, 4.69) is 29.0 Å². The standard InChI is InChI=1S/C15H29N3/c1-13(2)11-17-7-9-18(10-8-17)12-15-5-3-14(16-15)4-6-15/h13-14,16H,3-12H2,1-2H3. The number of hydrogen-bond donors (Lipinski definition) is 1. The van der Waals surface area contributed by atoms with Gasteiger partial charge in [0.25, 0.3) is 0 Å². The summed E-state index contributed by atoms with van der Waals surface area (Å²) in [4.78, 5) is 5.34. The Balaban J connectivity index is 1.46. The van der Waals surface area contributed by atoms with Crippen LogP contribution in [0, 0.1) is 5.92 Å². The molecule has 18 heavy (non-hydrogen) atoms. The highest BCUT2D eigenvalue weighted by molar-refractivity contribution is 5.06. The normalized spacial score (nSPS) is 37.8. The Kier molecular flexibility index (Phi) is 3.65. The summed E-state index contributed by atoms with van der Waals surface area (Å²) < 4.78 is 0. The molecule has 1 N–H and O–H groups in total. The summed E-state index contributed by atoms with van der Waals surface area (Å²) in [5.74, 6) is 0.808. The molecule has 0 aromatic heterocycles. The maximum atomic E-state index is 3.88. The van der Waals surface area contributed by atoms with Crippen LogP contribution >= 0.6 is 0 Å². The summed E-state index contributed by atoms with van der Waals surface area (Å²) in [6, 6.07) is 0.854. The van der Waals surface area contributed by atoms with Gasteiger partial charge in [-0.3, -0.25) is 4.90 Å². The molecule has 0 aliphatic carbocycles. The molecule has 0 amide bonds. The smallest absolute Gasteiger partial charge is 0.0312 e. The second-order valence-electron chi connectivity index (χ2n) is 7.17. The topological polar surface area (TPSA) is 18.5 Å². The predicted molar refractivity (Wildman–Crippen MR) is 75.8 cm³/mol. The van der Waals surface area contributed by atoms with Crippen LogP contribution in [0.2, 0.25) is 0 Å². The Labute approximate surface area is 112 Å². The van der Waals surface area contributed by atoms with Crippen LogP contribution in [-0.4, -0.2) is 60.6 Å². The number of piperazine rings is 1. The van der Waals surface area contributed by atoms with E-state index in [1.54, 1.807) is 0 Å². The molecule has 0 saturated carbocycles. The highest BCUT2D eigenvalue weighted by Crippen LogP contribution is 2.38. The van der Waals surface area contributed by atoms with Crippen LogP contribution in [0.1, 0.15) is 39.5 Å². The molecule has 3 heterocycles. The molecule has 0 atom stereocenters. The van der Waals surface area contributed by atoms with E-state index in [4.69, 9.17) is 0 Å². The van der Waals surface area contributed by atoms with Crippen LogP contribution in [0.15, 0.2) is 0 Å². The van der Waals surface area contributed by atoms with Crippen molar-refractivity contribution in [2.24, 2.45) is 5.92 Å². The van der Waals surface area contributed by atoms with Crippen LogP contribution in [-0.2, 0) is 0 Å². The maximum absolute atomic E-state index is 3.88. The summed E-state index contributed by atoms with van der Waals surface area (Å²) in [5, 5.41) is 3.88. The van der Waals surface area contributed by atoms with Crippen molar-refractivity contribution in [2.75, 3.05) is 39.3 Å². The first-order chi connectivity index (χ1) is 8.65. The minimum Gasteiger partial charge on any atom is -0.307 e. The van der Waals surface area contributed by atoms with Gasteiger partial charge in [0.05, 0.1) is 0 Å². The Morgan fingerprint density at radius 2 is 1.67 bits per heavy atom. The van der Waals surface area contributed by atoms with Gasteiger partial charge in [-0.1, -0.05) is 13.8 Å². The monoisotopic (exact) mass is 251 g/mol. The maximum Gasteiger partial charge on any atom is 0.0312 e. The second kappa shape index (κ2) is 5.10. The second-order valence-corrected chi connectivity index (χ2v) is 7.17. The summed E-state index contributed by atoms with van der Waals surface area (Å²) >= 11 is 0. The first kappa shape index (κ1) is 12.9. The van der Waals surface area contributed by atoms with Gasteiger partial charge in [-0.15, -0.1) is 0 Å². The summed E-state index contributed by atoms with van der Waals surface area (Å²) in [6.45, 7) is 12.3. The molecule has 3 heteroatoms. The highest BCUT2D eigenvalue weighted by atomic mass is 15.3. The van der Waals surface area contributed by atoms with Gasteiger partial charge in [0, 0.05) is 50.8 Å². The van der Waals surface area contributed by atoms with E-state index in [-0.39, 0.29) is 0 Å². The number of rotatable bonds is 4. The lowest BCUT2D eigenvalue weighted by molar-refractivity contribution is 0.0988. The zero-order valence-corrected chi connectivity index (χ0v) is 12.1. The van der Waals surface area contributed by atoms with Crippen molar-refractivity contribution in [2.45, 2.75) is 51.1 Å². The number of hydrogen-bond acceptors (Lipinski definition) is 3. The van der Waals surface area contributed by atoms with E-state index >= 15 is 0 Å². The van der Waals surface area contributed by atoms with Crippen molar-refractivity contribution in [3.8, 4) is 0 Å². The molecule has 3 nitrogen and oxygen atoms in total. The number of nitrogens with one attached hydrogen (secondary N) is 1. The molecule has 0 unspecified atom stereocenters. The zero-order chi connectivity index (χ0) is 12.6. The van der Waals surface area contributed by atoms with Gasteiger partial charge in [-0.25, -0.2) is 0 Å². The SMILES string of the molecule is CC(C)CN1CCN(CC23CCC(CC2)N3)CC1. The third-order valence-corrected chi connectivity index (χ3v) is 5.07. The third-order valence-electron chi connectivity index (χ3n) is 5.07. The summed E-state index contributed by atoms with van der Waals surface area (Å²) in [5.41, 5.74) is 0.505. The molecule has 3 rings (SSSR count). The van der Waals surface area contributed by atoms with Gasteiger partial charge < -0.3 is 10.2 Å². The Bertz CT molecular complexity index is 273. The van der Waals surface area contributed by atoms with Gasteiger partial charge in [0.15, 0.2) is 0 Å². The average molecular weight is 251 g/mol. The fourth-order valence-corrected chi connectivity index (χ4v) is 4.17. The molecular weight excluding hydrogens is 222 g/mol. The van der Waals surface area contributed by atoms with Crippen molar-refractivity contribution in [1.29, 1.82) is 0 Å². The largest absolute Gasteiger partial charge is 0.307 e. The average Bonchev–Trinajstić information content (AvgIpc) is 2.91. The fraction of sp³-hybridized carbons (Fsp3) is 1.00. The molecule has 3 saturated heterocycles. The molecule has 0 radical (unpaired) electrons. The van der Waals surface area contributed by atoms with Crippen molar-refractivity contribution >= 4 is 0 Å². The zero-order valence-electron chi connectivity index (χ0n) is 12.1. The first-order valence-corrected chi connectivity index (χ1v) is 7.88.